The van der Waals surface area contributed by atoms with Gasteiger partial charge in [0.15, 0.2) is 5.82 Å². The number of nitrogens with zero attached hydrogens (tertiary/aromatic N) is 4. The van der Waals surface area contributed by atoms with Crippen molar-refractivity contribution in [3.8, 4) is 5.95 Å². The topological polar surface area (TPSA) is 76.0 Å². The predicted octanol–water partition coefficient (Wildman–Crippen LogP) is 0.754. The standard InChI is InChI=1S/C12H14ClN5O2/c1-8-14-2-3-18(8)12-15-10(9(13)11(19)16-12)17-4-6-20-7-5-17/h2-3H,4-7H2,1H3,(H,15,16,19). The van der Waals surface area contributed by atoms with Crippen LogP contribution in [0.4, 0.5) is 5.82 Å². The number of anilines is 1. The normalized spacial score (nSPS) is 15.6. The molecule has 0 radical (unpaired) electrons. The molecule has 106 valence electrons. The molecule has 0 amide bonds. The molecule has 0 aliphatic carbocycles. The molecule has 3 heterocycles. The molecule has 20 heavy (non-hydrogen) atoms. The molecule has 0 spiro atoms. The maximum atomic E-state index is 12.0. The van der Waals surface area contributed by atoms with Crippen LogP contribution in [0.15, 0.2) is 17.2 Å². The van der Waals surface area contributed by atoms with Crippen LogP contribution in [-0.2, 0) is 4.74 Å². The minimum Gasteiger partial charge on any atom is -0.378 e. The van der Waals surface area contributed by atoms with Gasteiger partial charge in [-0.1, -0.05) is 11.6 Å². The summed E-state index contributed by atoms with van der Waals surface area (Å²) in [5.74, 6) is 1.64. The third-order valence-electron chi connectivity index (χ3n) is 3.20. The second kappa shape index (κ2) is 5.26. The Bertz CT molecular complexity index is 675. The monoisotopic (exact) mass is 295 g/mol. The molecule has 0 bridgehead atoms. The fourth-order valence-corrected chi connectivity index (χ4v) is 2.34. The smallest absolute Gasteiger partial charge is 0.273 e. The van der Waals surface area contributed by atoms with E-state index in [4.69, 9.17) is 16.3 Å². The van der Waals surface area contributed by atoms with E-state index < -0.39 is 0 Å². The Morgan fingerprint density at radius 1 is 1.40 bits per heavy atom. The van der Waals surface area contributed by atoms with E-state index in [0.29, 0.717) is 38.1 Å². The number of morpholine rings is 1. The predicted molar refractivity (Wildman–Crippen MR) is 74.8 cm³/mol. The van der Waals surface area contributed by atoms with E-state index in [0.717, 1.165) is 5.82 Å². The van der Waals surface area contributed by atoms with Crippen molar-refractivity contribution in [3.63, 3.8) is 0 Å². The van der Waals surface area contributed by atoms with Gasteiger partial charge in [0.2, 0.25) is 5.95 Å². The van der Waals surface area contributed by atoms with Crippen molar-refractivity contribution < 1.29 is 4.74 Å². The van der Waals surface area contributed by atoms with Gasteiger partial charge in [-0.2, -0.15) is 4.98 Å². The number of hydrogen-bond donors (Lipinski definition) is 1. The molecule has 1 N–H and O–H groups in total. The van der Waals surface area contributed by atoms with Gasteiger partial charge < -0.3 is 9.64 Å². The van der Waals surface area contributed by atoms with Crippen LogP contribution in [-0.4, -0.2) is 45.8 Å². The molecule has 1 aliphatic rings. The summed E-state index contributed by atoms with van der Waals surface area (Å²) in [7, 11) is 0. The van der Waals surface area contributed by atoms with E-state index in [-0.39, 0.29) is 10.6 Å². The first-order valence-corrected chi connectivity index (χ1v) is 6.67. The zero-order valence-electron chi connectivity index (χ0n) is 11.0. The fourth-order valence-electron chi connectivity index (χ4n) is 2.14. The van der Waals surface area contributed by atoms with E-state index >= 15 is 0 Å². The summed E-state index contributed by atoms with van der Waals surface area (Å²) in [5.41, 5.74) is -0.355. The molecule has 0 atom stereocenters. The van der Waals surface area contributed by atoms with Gasteiger partial charge in [-0.25, -0.2) is 4.98 Å². The highest BCUT2D eigenvalue weighted by Gasteiger charge is 2.19. The molecule has 1 fully saturated rings. The second-order valence-corrected chi connectivity index (χ2v) is 4.85. The molecule has 0 aromatic carbocycles. The number of imidazole rings is 1. The Balaban J connectivity index is 2.08. The Morgan fingerprint density at radius 2 is 2.15 bits per heavy atom. The van der Waals surface area contributed by atoms with Crippen molar-refractivity contribution >= 4 is 17.4 Å². The lowest BCUT2D eigenvalue weighted by Crippen LogP contribution is -2.38. The highest BCUT2D eigenvalue weighted by atomic mass is 35.5. The Labute approximate surface area is 120 Å². The first-order chi connectivity index (χ1) is 9.66. The van der Waals surface area contributed by atoms with Gasteiger partial charge in [0.25, 0.3) is 5.56 Å². The number of nitrogens with one attached hydrogen (secondary N) is 1. The summed E-state index contributed by atoms with van der Waals surface area (Å²) < 4.78 is 7.01. The van der Waals surface area contributed by atoms with E-state index in [1.165, 1.54) is 0 Å². The molecule has 2 aromatic rings. The average molecular weight is 296 g/mol. The minimum absolute atomic E-state index is 0.105. The van der Waals surface area contributed by atoms with E-state index in [1.54, 1.807) is 17.0 Å². The fraction of sp³-hybridized carbons (Fsp3) is 0.417. The Kier molecular flexibility index (Phi) is 3.45. The number of aromatic amines is 1. The van der Waals surface area contributed by atoms with Gasteiger partial charge in [-0.3, -0.25) is 14.3 Å². The highest BCUT2D eigenvalue weighted by molar-refractivity contribution is 6.32. The van der Waals surface area contributed by atoms with Crippen LogP contribution in [0, 0.1) is 6.92 Å². The molecule has 3 rings (SSSR count). The number of aryl methyl sites for hydroxylation is 1. The van der Waals surface area contributed by atoms with Gasteiger partial charge in [-0.05, 0) is 6.92 Å². The lowest BCUT2D eigenvalue weighted by atomic mass is 10.4. The van der Waals surface area contributed by atoms with Gasteiger partial charge >= 0.3 is 0 Å². The molecule has 1 saturated heterocycles. The van der Waals surface area contributed by atoms with Gasteiger partial charge in [-0.15, -0.1) is 0 Å². The van der Waals surface area contributed by atoms with Crippen molar-refractivity contribution in [3.05, 3.63) is 33.6 Å². The molecule has 7 nitrogen and oxygen atoms in total. The summed E-state index contributed by atoms with van der Waals surface area (Å²) in [6, 6.07) is 0. The van der Waals surface area contributed by atoms with Crippen LogP contribution >= 0.6 is 11.6 Å². The van der Waals surface area contributed by atoms with Crippen molar-refractivity contribution in [2.45, 2.75) is 6.92 Å². The number of halogens is 1. The van der Waals surface area contributed by atoms with E-state index in [2.05, 4.69) is 15.0 Å². The summed E-state index contributed by atoms with van der Waals surface area (Å²) in [5, 5.41) is 0.105. The molecular formula is C12H14ClN5O2. The summed E-state index contributed by atoms with van der Waals surface area (Å²) in [6.07, 6.45) is 3.39. The summed E-state index contributed by atoms with van der Waals surface area (Å²) in [4.78, 5) is 25.2. The van der Waals surface area contributed by atoms with Crippen LogP contribution in [0.1, 0.15) is 5.82 Å². The molecule has 0 unspecified atom stereocenters. The van der Waals surface area contributed by atoms with E-state index in [9.17, 15) is 4.79 Å². The first kappa shape index (κ1) is 13.1. The number of hydrogen-bond acceptors (Lipinski definition) is 5. The number of H-pyrrole nitrogens is 1. The van der Waals surface area contributed by atoms with Crippen LogP contribution in [0.25, 0.3) is 5.95 Å². The Morgan fingerprint density at radius 3 is 2.80 bits per heavy atom. The number of rotatable bonds is 2. The average Bonchev–Trinajstić information content (AvgIpc) is 2.89. The zero-order chi connectivity index (χ0) is 14.1. The lowest BCUT2D eigenvalue weighted by Gasteiger charge is -2.28. The van der Waals surface area contributed by atoms with E-state index in [1.807, 2.05) is 11.8 Å². The maximum Gasteiger partial charge on any atom is 0.273 e. The highest BCUT2D eigenvalue weighted by Crippen LogP contribution is 2.21. The van der Waals surface area contributed by atoms with Crippen molar-refractivity contribution in [2.24, 2.45) is 0 Å². The lowest BCUT2D eigenvalue weighted by molar-refractivity contribution is 0.122. The van der Waals surface area contributed by atoms with Crippen molar-refractivity contribution in [1.29, 1.82) is 0 Å². The largest absolute Gasteiger partial charge is 0.378 e. The molecule has 2 aromatic heterocycles. The molecule has 8 heteroatoms. The molecule has 0 saturated carbocycles. The number of aromatic nitrogens is 4. The number of ether oxygens (including phenoxy) is 1. The molecular weight excluding hydrogens is 282 g/mol. The van der Waals surface area contributed by atoms with Crippen molar-refractivity contribution in [2.75, 3.05) is 31.2 Å². The first-order valence-electron chi connectivity index (χ1n) is 6.29. The summed E-state index contributed by atoms with van der Waals surface area (Å²) in [6.45, 7) is 4.37. The quantitative estimate of drug-likeness (QED) is 0.885. The summed E-state index contributed by atoms with van der Waals surface area (Å²) >= 11 is 6.09. The van der Waals surface area contributed by atoms with Gasteiger partial charge in [0.05, 0.1) is 13.2 Å². The van der Waals surface area contributed by atoms with Crippen LogP contribution in [0.3, 0.4) is 0 Å². The maximum absolute atomic E-state index is 12.0. The minimum atomic E-state index is -0.355. The second-order valence-electron chi connectivity index (χ2n) is 4.47. The third-order valence-corrected chi connectivity index (χ3v) is 3.54. The SMILES string of the molecule is Cc1nccn1-c1nc(N2CCOCC2)c(Cl)c(=O)[nH]1. The molecule has 1 aliphatic heterocycles. The van der Waals surface area contributed by atoms with Crippen LogP contribution in [0.2, 0.25) is 5.02 Å². The third kappa shape index (κ3) is 2.30. The van der Waals surface area contributed by atoms with Gasteiger partial charge in [0, 0.05) is 25.5 Å². The zero-order valence-corrected chi connectivity index (χ0v) is 11.7. The Hall–Kier alpha value is -1.86. The van der Waals surface area contributed by atoms with Crippen molar-refractivity contribution in [1.82, 2.24) is 19.5 Å². The van der Waals surface area contributed by atoms with Gasteiger partial charge in [0.1, 0.15) is 10.8 Å². The van der Waals surface area contributed by atoms with Crippen LogP contribution in [0.5, 0.6) is 0 Å². The van der Waals surface area contributed by atoms with Crippen LogP contribution < -0.4 is 10.5 Å².